The van der Waals surface area contributed by atoms with Crippen LogP contribution in [0.3, 0.4) is 0 Å². The predicted octanol–water partition coefficient (Wildman–Crippen LogP) is 3.73. The number of likely N-dealkylation sites (tertiary alicyclic amines) is 1. The summed E-state index contributed by atoms with van der Waals surface area (Å²) < 4.78 is 0. The Morgan fingerprint density at radius 2 is 1.82 bits per heavy atom. The van der Waals surface area contributed by atoms with E-state index in [1.165, 1.54) is 36.9 Å². The molecule has 120 valence electrons. The zero-order valence-corrected chi connectivity index (χ0v) is 13.8. The Morgan fingerprint density at radius 1 is 1.09 bits per heavy atom. The van der Waals surface area contributed by atoms with E-state index in [1.54, 1.807) is 0 Å². The van der Waals surface area contributed by atoms with Crippen molar-refractivity contribution in [2.75, 3.05) is 25.0 Å². The van der Waals surface area contributed by atoms with Gasteiger partial charge in [-0.2, -0.15) is 0 Å². The van der Waals surface area contributed by atoms with Crippen LogP contribution < -0.4 is 5.32 Å². The largest absolute Gasteiger partial charge is 0.385 e. The number of nitrogens with one attached hydrogen (secondary N) is 1. The summed E-state index contributed by atoms with van der Waals surface area (Å²) in [5, 5.41) is 3.43. The van der Waals surface area contributed by atoms with E-state index in [0.717, 1.165) is 49.9 Å². The van der Waals surface area contributed by atoms with E-state index in [0.29, 0.717) is 0 Å². The molecule has 1 saturated carbocycles. The minimum Gasteiger partial charge on any atom is -0.385 e. The maximum absolute atomic E-state index is 13.0. The van der Waals surface area contributed by atoms with E-state index in [-0.39, 0.29) is 18.3 Å². The van der Waals surface area contributed by atoms with Gasteiger partial charge in [-0.15, -0.1) is 12.4 Å². The van der Waals surface area contributed by atoms with Crippen LogP contribution in [0, 0.1) is 11.8 Å². The van der Waals surface area contributed by atoms with E-state index in [4.69, 9.17) is 0 Å². The second-order valence-corrected chi connectivity index (χ2v) is 6.88. The van der Waals surface area contributed by atoms with E-state index in [1.807, 2.05) is 12.1 Å². The maximum Gasteiger partial charge on any atom is 0.254 e. The number of fused-ring (bicyclic) bond motifs is 2. The average Bonchev–Trinajstić information content (AvgIpc) is 2.97. The van der Waals surface area contributed by atoms with Crippen LogP contribution in [0.15, 0.2) is 18.2 Å². The lowest BCUT2D eigenvalue weighted by atomic mass is 9.82. The summed E-state index contributed by atoms with van der Waals surface area (Å²) in [5.74, 6) is 1.80. The minimum absolute atomic E-state index is 0. The van der Waals surface area contributed by atoms with Gasteiger partial charge in [0.15, 0.2) is 0 Å². The molecule has 3 aliphatic rings. The van der Waals surface area contributed by atoms with Crippen molar-refractivity contribution in [2.24, 2.45) is 11.8 Å². The summed E-state index contributed by atoms with van der Waals surface area (Å²) in [4.78, 5) is 15.1. The van der Waals surface area contributed by atoms with Gasteiger partial charge in [0.1, 0.15) is 0 Å². The van der Waals surface area contributed by atoms with Crippen LogP contribution in [0.2, 0.25) is 0 Å². The summed E-state index contributed by atoms with van der Waals surface area (Å²) in [5.41, 5.74) is 3.35. The first-order valence-corrected chi connectivity index (χ1v) is 8.48. The van der Waals surface area contributed by atoms with Crippen LogP contribution in [0.5, 0.6) is 0 Å². The fourth-order valence-electron chi connectivity index (χ4n) is 4.45. The number of anilines is 1. The number of hydrogen-bond acceptors (Lipinski definition) is 2. The van der Waals surface area contributed by atoms with Gasteiger partial charge in [-0.1, -0.05) is 18.9 Å². The Labute approximate surface area is 138 Å². The highest BCUT2D eigenvalue weighted by molar-refractivity contribution is 5.97. The van der Waals surface area contributed by atoms with Crippen molar-refractivity contribution in [3.05, 3.63) is 29.3 Å². The number of carbonyl (C=O) groups is 1. The van der Waals surface area contributed by atoms with E-state index in [2.05, 4.69) is 16.3 Å². The van der Waals surface area contributed by atoms with Crippen molar-refractivity contribution in [1.29, 1.82) is 0 Å². The Balaban J connectivity index is 0.00000144. The van der Waals surface area contributed by atoms with Crippen LogP contribution in [-0.4, -0.2) is 30.4 Å². The topological polar surface area (TPSA) is 32.3 Å². The van der Waals surface area contributed by atoms with Crippen molar-refractivity contribution >= 4 is 24.0 Å². The first-order chi connectivity index (χ1) is 10.3. The van der Waals surface area contributed by atoms with Gasteiger partial charge < -0.3 is 10.2 Å². The van der Waals surface area contributed by atoms with Crippen LogP contribution in [-0.2, 0) is 6.42 Å². The lowest BCUT2D eigenvalue weighted by Gasteiger charge is -2.23. The first kappa shape index (κ1) is 15.7. The number of amides is 1. The molecule has 1 amide bonds. The SMILES string of the molecule is Cl.O=C(c1cccc2c1CCCN2)N1CC2CCCCC2C1. The molecule has 1 aromatic rings. The summed E-state index contributed by atoms with van der Waals surface area (Å²) in [6.45, 7) is 3.00. The molecule has 2 fully saturated rings. The van der Waals surface area contributed by atoms with Gasteiger partial charge in [0, 0.05) is 30.9 Å². The molecule has 22 heavy (non-hydrogen) atoms. The lowest BCUT2D eigenvalue weighted by molar-refractivity contribution is 0.0783. The molecular formula is C18H25ClN2O. The second-order valence-electron chi connectivity index (χ2n) is 6.88. The standard InChI is InChI=1S/C18H24N2O.ClH/c21-18(20-11-13-5-1-2-6-14(13)12-20)16-7-3-9-17-15(16)8-4-10-19-17;/h3,7,9,13-14,19H,1-2,4-6,8,10-12H2;1H. The van der Waals surface area contributed by atoms with E-state index in [9.17, 15) is 4.79 Å². The van der Waals surface area contributed by atoms with Crippen molar-refractivity contribution in [3.63, 3.8) is 0 Å². The smallest absolute Gasteiger partial charge is 0.254 e. The zero-order chi connectivity index (χ0) is 14.2. The molecule has 4 heteroatoms. The summed E-state index contributed by atoms with van der Waals surface area (Å²) in [6, 6.07) is 6.15. The number of hydrogen-bond donors (Lipinski definition) is 1. The number of benzene rings is 1. The van der Waals surface area contributed by atoms with Gasteiger partial charge in [0.05, 0.1) is 0 Å². The molecule has 2 heterocycles. The Kier molecular flexibility index (Phi) is 4.62. The third kappa shape index (κ3) is 2.71. The summed E-state index contributed by atoms with van der Waals surface area (Å²) in [6.07, 6.45) is 7.51. The van der Waals surface area contributed by atoms with Gasteiger partial charge in [-0.25, -0.2) is 0 Å². The molecule has 2 unspecified atom stereocenters. The molecule has 1 aliphatic carbocycles. The zero-order valence-electron chi connectivity index (χ0n) is 13.0. The maximum atomic E-state index is 13.0. The average molecular weight is 321 g/mol. The highest BCUT2D eigenvalue weighted by Gasteiger charge is 2.37. The molecule has 0 radical (unpaired) electrons. The predicted molar refractivity (Wildman–Crippen MR) is 91.9 cm³/mol. The molecule has 2 aliphatic heterocycles. The molecule has 1 saturated heterocycles. The van der Waals surface area contributed by atoms with Crippen molar-refractivity contribution in [1.82, 2.24) is 4.90 Å². The Morgan fingerprint density at radius 3 is 2.55 bits per heavy atom. The molecule has 1 N–H and O–H groups in total. The molecule has 3 nitrogen and oxygen atoms in total. The highest BCUT2D eigenvalue weighted by atomic mass is 35.5. The van der Waals surface area contributed by atoms with Gasteiger partial charge in [0.25, 0.3) is 5.91 Å². The number of carbonyl (C=O) groups excluding carboxylic acids is 1. The van der Waals surface area contributed by atoms with Gasteiger partial charge in [-0.05, 0) is 55.2 Å². The van der Waals surface area contributed by atoms with Crippen molar-refractivity contribution in [3.8, 4) is 0 Å². The van der Waals surface area contributed by atoms with Gasteiger partial charge >= 0.3 is 0 Å². The quantitative estimate of drug-likeness (QED) is 0.855. The summed E-state index contributed by atoms with van der Waals surface area (Å²) >= 11 is 0. The van der Waals surface area contributed by atoms with Crippen LogP contribution >= 0.6 is 12.4 Å². The van der Waals surface area contributed by atoms with Crippen LogP contribution in [0.1, 0.15) is 48.0 Å². The first-order valence-electron chi connectivity index (χ1n) is 8.48. The number of halogens is 1. The second kappa shape index (κ2) is 6.49. The number of rotatable bonds is 1. The lowest BCUT2D eigenvalue weighted by Crippen LogP contribution is -2.30. The van der Waals surface area contributed by atoms with Gasteiger partial charge in [0.2, 0.25) is 0 Å². The minimum atomic E-state index is 0. The molecule has 0 aromatic heterocycles. The molecule has 0 bridgehead atoms. The fourth-order valence-corrected chi connectivity index (χ4v) is 4.45. The summed E-state index contributed by atoms with van der Waals surface area (Å²) in [7, 11) is 0. The van der Waals surface area contributed by atoms with Crippen LogP contribution in [0.25, 0.3) is 0 Å². The van der Waals surface area contributed by atoms with E-state index < -0.39 is 0 Å². The van der Waals surface area contributed by atoms with Crippen molar-refractivity contribution < 1.29 is 4.79 Å². The van der Waals surface area contributed by atoms with E-state index >= 15 is 0 Å². The normalized spacial score (nSPS) is 26.5. The third-order valence-electron chi connectivity index (χ3n) is 5.59. The molecule has 0 spiro atoms. The molecule has 2 atom stereocenters. The van der Waals surface area contributed by atoms with Crippen molar-refractivity contribution in [2.45, 2.75) is 38.5 Å². The number of nitrogens with zero attached hydrogens (tertiary/aromatic N) is 1. The molecule has 4 rings (SSSR count). The Hall–Kier alpha value is -1.22. The monoisotopic (exact) mass is 320 g/mol. The highest BCUT2D eigenvalue weighted by Crippen LogP contribution is 2.37. The molecular weight excluding hydrogens is 296 g/mol. The third-order valence-corrected chi connectivity index (χ3v) is 5.59. The Bertz CT molecular complexity index is 546. The fraction of sp³-hybridized carbons (Fsp3) is 0.611. The van der Waals surface area contributed by atoms with Gasteiger partial charge in [-0.3, -0.25) is 4.79 Å². The molecule has 1 aromatic carbocycles. The van der Waals surface area contributed by atoms with Crippen LogP contribution in [0.4, 0.5) is 5.69 Å².